The molecular weight excluding hydrogens is 307 g/mol. The smallest absolute Gasteiger partial charge is 0.170 e. The Bertz CT molecular complexity index is 723. The molecule has 3 atom stereocenters. The summed E-state index contributed by atoms with van der Waals surface area (Å²) in [7, 11) is 0. The minimum atomic E-state index is -0.298. The van der Waals surface area contributed by atoms with E-state index < -0.39 is 0 Å². The molecule has 0 amide bonds. The molecule has 0 saturated heterocycles. The molecule has 1 saturated carbocycles. The zero-order valence-corrected chi connectivity index (χ0v) is 13.5. The van der Waals surface area contributed by atoms with Crippen LogP contribution in [-0.2, 0) is 4.79 Å². The Kier molecular flexibility index (Phi) is 3.87. The normalized spacial score (nSPS) is 30.0. The van der Waals surface area contributed by atoms with Gasteiger partial charge in [0.25, 0.3) is 0 Å². The van der Waals surface area contributed by atoms with E-state index in [0.717, 1.165) is 18.4 Å². The highest BCUT2D eigenvalue weighted by Crippen LogP contribution is 2.35. The quantitative estimate of drug-likeness (QED) is 0.875. The molecule has 0 bridgehead atoms. The number of ketones is 1. The SMILES string of the molecule is O=C1CC(c2ccc(F)cc2)CC(O)=C1C1=N[C@@H]2CCCC[C@H]2N1. The third kappa shape index (κ3) is 2.72. The second-order valence-corrected chi connectivity index (χ2v) is 6.98. The number of aliphatic hydroxyl groups is 1. The molecule has 1 fully saturated rings. The van der Waals surface area contributed by atoms with Crippen LogP contribution in [0.5, 0.6) is 0 Å². The van der Waals surface area contributed by atoms with Crippen molar-refractivity contribution in [2.24, 2.45) is 4.99 Å². The van der Waals surface area contributed by atoms with Gasteiger partial charge < -0.3 is 10.4 Å². The molecule has 0 radical (unpaired) electrons. The average Bonchev–Trinajstić information content (AvgIpc) is 2.98. The molecule has 3 aliphatic rings. The van der Waals surface area contributed by atoms with E-state index in [-0.39, 0.29) is 29.3 Å². The van der Waals surface area contributed by atoms with Crippen molar-refractivity contribution < 1.29 is 14.3 Å². The molecule has 1 aromatic carbocycles. The lowest BCUT2D eigenvalue weighted by Crippen LogP contribution is -2.39. The van der Waals surface area contributed by atoms with Gasteiger partial charge in [-0.2, -0.15) is 0 Å². The maximum atomic E-state index is 13.1. The molecule has 1 aromatic rings. The monoisotopic (exact) mass is 328 g/mol. The van der Waals surface area contributed by atoms with Crippen molar-refractivity contribution in [3.63, 3.8) is 0 Å². The molecule has 4 nitrogen and oxygen atoms in total. The molecule has 4 rings (SSSR count). The number of allylic oxidation sites excluding steroid dienone is 1. The Morgan fingerprint density at radius 1 is 1.12 bits per heavy atom. The van der Waals surface area contributed by atoms with Crippen molar-refractivity contribution in [3.05, 3.63) is 47.0 Å². The van der Waals surface area contributed by atoms with Crippen LogP contribution in [-0.4, -0.2) is 28.8 Å². The number of carbonyl (C=O) groups is 1. The number of benzene rings is 1. The van der Waals surface area contributed by atoms with E-state index in [1.807, 2.05) is 0 Å². The number of nitrogens with zero attached hydrogens (tertiary/aromatic N) is 1. The first kappa shape index (κ1) is 15.4. The first-order valence-corrected chi connectivity index (χ1v) is 8.67. The summed E-state index contributed by atoms with van der Waals surface area (Å²) in [6.45, 7) is 0. The summed E-state index contributed by atoms with van der Waals surface area (Å²) in [5.74, 6) is 0.190. The number of amidine groups is 1. The number of hydrogen-bond acceptors (Lipinski definition) is 4. The van der Waals surface area contributed by atoms with E-state index in [1.165, 1.54) is 25.0 Å². The zero-order valence-electron chi connectivity index (χ0n) is 13.5. The highest BCUT2D eigenvalue weighted by molar-refractivity contribution is 6.23. The Labute approximate surface area is 140 Å². The topological polar surface area (TPSA) is 61.7 Å². The van der Waals surface area contributed by atoms with Gasteiger partial charge in [0.05, 0.1) is 11.6 Å². The summed E-state index contributed by atoms with van der Waals surface area (Å²) < 4.78 is 13.1. The van der Waals surface area contributed by atoms with Crippen LogP contribution in [0.2, 0.25) is 0 Å². The standard InChI is InChI=1S/C19H21FN2O2/c20-13-7-5-11(6-8-13)12-9-16(23)18(17(24)10-12)19-21-14-3-1-2-4-15(14)22-19/h5-8,12,14-15,23H,1-4,9-10H2,(H,21,22)/t12?,14-,15-/m1/s1. The predicted molar refractivity (Wildman–Crippen MR) is 89.7 cm³/mol. The summed E-state index contributed by atoms with van der Waals surface area (Å²) in [6.07, 6.45) is 5.18. The highest BCUT2D eigenvalue weighted by Gasteiger charge is 2.37. The van der Waals surface area contributed by atoms with E-state index in [1.54, 1.807) is 12.1 Å². The molecule has 0 spiro atoms. The number of carbonyl (C=O) groups excluding carboxylic acids is 1. The fourth-order valence-corrected chi connectivity index (χ4v) is 4.08. The maximum absolute atomic E-state index is 13.1. The summed E-state index contributed by atoms with van der Waals surface area (Å²) in [6, 6.07) is 6.69. The number of halogens is 1. The molecule has 2 N–H and O–H groups in total. The molecule has 24 heavy (non-hydrogen) atoms. The van der Waals surface area contributed by atoms with Crippen LogP contribution in [0.15, 0.2) is 40.6 Å². The zero-order chi connectivity index (χ0) is 16.7. The van der Waals surface area contributed by atoms with Crippen LogP contribution >= 0.6 is 0 Å². The van der Waals surface area contributed by atoms with Crippen molar-refractivity contribution in [2.45, 2.75) is 56.5 Å². The van der Waals surface area contributed by atoms with E-state index in [4.69, 9.17) is 0 Å². The van der Waals surface area contributed by atoms with Crippen molar-refractivity contribution in [3.8, 4) is 0 Å². The number of fused-ring (bicyclic) bond motifs is 1. The highest BCUT2D eigenvalue weighted by atomic mass is 19.1. The van der Waals surface area contributed by atoms with E-state index in [9.17, 15) is 14.3 Å². The van der Waals surface area contributed by atoms with Gasteiger partial charge in [-0.3, -0.25) is 9.79 Å². The second kappa shape index (κ2) is 6.04. The first-order valence-electron chi connectivity index (χ1n) is 8.67. The molecule has 2 aliphatic carbocycles. The van der Waals surface area contributed by atoms with E-state index in [0.29, 0.717) is 30.3 Å². The number of aliphatic imine (C=N–C) groups is 1. The van der Waals surface area contributed by atoms with Crippen LogP contribution < -0.4 is 5.32 Å². The Morgan fingerprint density at radius 3 is 2.58 bits per heavy atom. The second-order valence-electron chi connectivity index (χ2n) is 6.98. The minimum absolute atomic E-state index is 0.0852. The van der Waals surface area contributed by atoms with Crippen LogP contribution in [0.4, 0.5) is 4.39 Å². The summed E-state index contributed by atoms with van der Waals surface area (Å²) in [4.78, 5) is 17.3. The summed E-state index contributed by atoms with van der Waals surface area (Å²) in [5, 5.41) is 13.8. The Hall–Kier alpha value is -2.17. The molecule has 1 heterocycles. The molecule has 126 valence electrons. The van der Waals surface area contributed by atoms with Crippen LogP contribution in [0, 0.1) is 5.82 Å². The van der Waals surface area contributed by atoms with Gasteiger partial charge in [0.15, 0.2) is 5.78 Å². The predicted octanol–water partition coefficient (Wildman–Crippen LogP) is 3.40. The molecule has 0 aromatic heterocycles. The Morgan fingerprint density at radius 2 is 1.88 bits per heavy atom. The van der Waals surface area contributed by atoms with Gasteiger partial charge in [-0.05, 0) is 36.5 Å². The van der Waals surface area contributed by atoms with Gasteiger partial charge in [0.2, 0.25) is 0 Å². The number of hydrogen-bond donors (Lipinski definition) is 2. The number of nitrogens with one attached hydrogen (secondary N) is 1. The fraction of sp³-hybridized carbons (Fsp3) is 0.474. The summed E-state index contributed by atoms with van der Waals surface area (Å²) in [5.41, 5.74) is 1.24. The van der Waals surface area contributed by atoms with Gasteiger partial charge in [0, 0.05) is 18.9 Å². The van der Waals surface area contributed by atoms with Crippen molar-refractivity contribution in [1.82, 2.24) is 5.32 Å². The van der Waals surface area contributed by atoms with Crippen LogP contribution in [0.25, 0.3) is 0 Å². The van der Waals surface area contributed by atoms with E-state index >= 15 is 0 Å². The van der Waals surface area contributed by atoms with Gasteiger partial charge in [-0.15, -0.1) is 0 Å². The number of Topliss-reactive ketones (excluding diaryl/α,β-unsaturated/α-hetero) is 1. The van der Waals surface area contributed by atoms with E-state index in [2.05, 4.69) is 10.3 Å². The molecular formula is C19H21FN2O2. The van der Waals surface area contributed by atoms with Gasteiger partial charge in [0.1, 0.15) is 17.4 Å². The third-order valence-corrected chi connectivity index (χ3v) is 5.36. The lowest BCUT2D eigenvalue weighted by Gasteiger charge is -2.25. The lowest BCUT2D eigenvalue weighted by molar-refractivity contribution is -0.116. The third-order valence-electron chi connectivity index (χ3n) is 5.36. The molecule has 1 unspecified atom stereocenters. The molecule has 5 heteroatoms. The number of aliphatic hydroxyl groups excluding tert-OH is 1. The molecule has 1 aliphatic heterocycles. The summed E-state index contributed by atoms with van der Waals surface area (Å²) >= 11 is 0. The Balaban J connectivity index is 1.57. The minimum Gasteiger partial charge on any atom is -0.511 e. The largest absolute Gasteiger partial charge is 0.511 e. The van der Waals surface area contributed by atoms with Crippen molar-refractivity contribution in [1.29, 1.82) is 0 Å². The maximum Gasteiger partial charge on any atom is 0.170 e. The first-order chi connectivity index (χ1) is 11.6. The van der Waals surface area contributed by atoms with Gasteiger partial charge in [-0.1, -0.05) is 25.0 Å². The lowest BCUT2D eigenvalue weighted by atomic mass is 9.82. The van der Waals surface area contributed by atoms with Crippen LogP contribution in [0.3, 0.4) is 0 Å². The van der Waals surface area contributed by atoms with Gasteiger partial charge in [-0.25, -0.2) is 4.39 Å². The fourth-order valence-electron chi connectivity index (χ4n) is 4.08. The van der Waals surface area contributed by atoms with Crippen molar-refractivity contribution >= 4 is 11.6 Å². The average molecular weight is 328 g/mol. The van der Waals surface area contributed by atoms with Crippen LogP contribution in [0.1, 0.15) is 50.0 Å². The van der Waals surface area contributed by atoms with Gasteiger partial charge >= 0.3 is 0 Å². The van der Waals surface area contributed by atoms with Crippen molar-refractivity contribution in [2.75, 3.05) is 0 Å². The number of rotatable bonds is 2.